The van der Waals surface area contributed by atoms with E-state index in [4.69, 9.17) is 16.7 Å². The molecule has 8 nitrogen and oxygen atoms in total. The van der Waals surface area contributed by atoms with Gasteiger partial charge in [-0.3, -0.25) is 0 Å². The van der Waals surface area contributed by atoms with Gasteiger partial charge in [-0.2, -0.15) is 10.2 Å². The number of anilines is 2. The first kappa shape index (κ1) is 24.2. The number of aromatic nitrogens is 2. The van der Waals surface area contributed by atoms with Crippen LogP contribution in [0.5, 0.6) is 0 Å². The van der Waals surface area contributed by atoms with Crippen molar-refractivity contribution in [1.29, 1.82) is 5.26 Å². The zero-order chi connectivity index (χ0) is 23.5. The number of sulfonamides is 1. The molecule has 0 amide bonds. The van der Waals surface area contributed by atoms with Crippen LogP contribution in [0.25, 0.3) is 0 Å². The second-order valence-electron chi connectivity index (χ2n) is 9.07. The van der Waals surface area contributed by atoms with E-state index in [2.05, 4.69) is 47.4 Å². The average Bonchev–Trinajstić information content (AvgIpc) is 2.70. The van der Waals surface area contributed by atoms with E-state index in [1.165, 1.54) is 12.3 Å². The third-order valence-electron chi connectivity index (χ3n) is 6.30. The van der Waals surface area contributed by atoms with Crippen molar-refractivity contribution in [3.63, 3.8) is 0 Å². The Morgan fingerprint density at radius 1 is 1.34 bits per heavy atom. The van der Waals surface area contributed by atoms with Crippen molar-refractivity contribution in [2.45, 2.75) is 57.4 Å². The van der Waals surface area contributed by atoms with E-state index < -0.39 is 10.0 Å². The number of hydrogen-bond acceptors (Lipinski definition) is 7. The van der Waals surface area contributed by atoms with E-state index in [0.29, 0.717) is 36.2 Å². The molecule has 0 radical (unpaired) electrons. The number of benzene rings is 1. The molecule has 1 saturated carbocycles. The molecule has 4 N–H and O–H groups in total. The Labute approximate surface area is 194 Å². The van der Waals surface area contributed by atoms with Crippen LogP contribution in [0.3, 0.4) is 0 Å². The topological polar surface area (TPSA) is 134 Å². The van der Waals surface area contributed by atoms with Crippen molar-refractivity contribution < 1.29 is 8.42 Å². The first-order chi connectivity index (χ1) is 15.0. The lowest BCUT2D eigenvalue weighted by molar-refractivity contribution is 0.143. The van der Waals surface area contributed by atoms with E-state index in [9.17, 15) is 13.7 Å². The van der Waals surface area contributed by atoms with Crippen LogP contribution in [0.1, 0.15) is 51.2 Å². The maximum atomic E-state index is 11.5. The maximum Gasteiger partial charge on any atom is 0.239 e. The quantitative estimate of drug-likeness (QED) is 0.551. The number of hydrogen-bond donors (Lipinski definition) is 3. The largest absolute Gasteiger partial charge is 0.366 e. The van der Waals surface area contributed by atoms with Crippen LogP contribution in [0.15, 0.2) is 29.3 Å². The Kier molecular flexibility index (Phi) is 7.28. The fourth-order valence-corrected chi connectivity index (χ4v) is 5.12. The molecule has 10 heteroatoms. The molecule has 3 rings (SSSR count). The molecule has 172 valence electrons. The highest BCUT2D eigenvalue weighted by atomic mass is 35.5. The normalized spacial score (nSPS) is 20.4. The van der Waals surface area contributed by atoms with Crippen molar-refractivity contribution >= 4 is 33.4 Å². The SMILES string of the molecule is C[C@H]1CC[C@@H](Nc2nc(NCCc3ccc(S(N)(=O)=O)c(Cl)c3)ncc2C#N)CC1(C)C. The summed E-state index contributed by atoms with van der Waals surface area (Å²) in [6.45, 7) is 7.36. The number of halogens is 1. The number of nitrogens with zero attached hydrogens (tertiary/aromatic N) is 3. The molecule has 2 aromatic rings. The van der Waals surface area contributed by atoms with Crippen LogP contribution in [0, 0.1) is 22.7 Å². The van der Waals surface area contributed by atoms with Gasteiger partial charge in [0, 0.05) is 12.6 Å². The Morgan fingerprint density at radius 2 is 2.09 bits per heavy atom. The smallest absolute Gasteiger partial charge is 0.239 e. The van der Waals surface area contributed by atoms with Gasteiger partial charge in [-0.15, -0.1) is 0 Å². The molecule has 32 heavy (non-hydrogen) atoms. The zero-order valence-electron chi connectivity index (χ0n) is 18.5. The van der Waals surface area contributed by atoms with Crippen molar-refractivity contribution in [2.24, 2.45) is 16.5 Å². The van der Waals surface area contributed by atoms with Gasteiger partial charge in [-0.1, -0.05) is 38.4 Å². The van der Waals surface area contributed by atoms with Crippen molar-refractivity contribution in [2.75, 3.05) is 17.2 Å². The Hall–Kier alpha value is -2.41. The fourth-order valence-electron chi connectivity index (χ4n) is 4.00. The van der Waals surface area contributed by atoms with E-state index in [1.54, 1.807) is 12.1 Å². The van der Waals surface area contributed by atoms with Crippen LogP contribution in [-0.4, -0.2) is 31.0 Å². The van der Waals surface area contributed by atoms with E-state index >= 15 is 0 Å². The summed E-state index contributed by atoms with van der Waals surface area (Å²) in [5.41, 5.74) is 1.49. The lowest BCUT2D eigenvalue weighted by atomic mass is 9.68. The number of rotatable bonds is 7. The standard InChI is InChI=1S/C22H29ClN6O2S/c1-14-4-6-17(11-22(14,2)3)28-20-16(12-24)13-27-21(29-20)26-9-8-15-5-7-19(18(23)10-15)32(25,30)31/h5,7,10,13-14,17H,4,6,8-9,11H2,1-3H3,(H2,25,30,31)(H2,26,27,28,29)/t14-,17+/m0/s1. The van der Waals surface area contributed by atoms with Gasteiger partial charge in [0.1, 0.15) is 22.3 Å². The van der Waals surface area contributed by atoms with E-state index in [0.717, 1.165) is 24.8 Å². The minimum atomic E-state index is -3.85. The molecule has 0 bridgehead atoms. The molecular weight excluding hydrogens is 448 g/mol. The summed E-state index contributed by atoms with van der Waals surface area (Å²) in [4.78, 5) is 8.66. The molecule has 0 saturated heterocycles. The summed E-state index contributed by atoms with van der Waals surface area (Å²) >= 11 is 6.04. The predicted octanol–water partition coefficient (Wildman–Crippen LogP) is 3.93. The third kappa shape index (κ3) is 5.88. The molecule has 1 fully saturated rings. The first-order valence-corrected chi connectivity index (χ1v) is 12.5. The average molecular weight is 477 g/mol. The highest BCUT2D eigenvalue weighted by molar-refractivity contribution is 7.89. The molecule has 1 aromatic heterocycles. The summed E-state index contributed by atoms with van der Waals surface area (Å²) in [5, 5.41) is 21.3. The van der Waals surface area contributed by atoms with Crippen molar-refractivity contribution in [1.82, 2.24) is 9.97 Å². The maximum absolute atomic E-state index is 11.5. The van der Waals surface area contributed by atoms with Gasteiger partial charge in [-0.05, 0) is 54.7 Å². The lowest BCUT2D eigenvalue weighted by Crippen LogP contribution is -2.37. The first-order valence-electron chi connectivity index (χ1n) is 10.6. The molecule has 0 aliphatic heterocycles. The monoisotopic (exact) mass is 476 g/mol. The molecule has 1 aliphatic carbocycles. The molecule has 2 atom stereocenters. The van der Waals surface area contributed by atoms with Gasteiger partial charge in [0.05, 0.1) is 11.2 Å². The van der Waals surface area contributed by atoms with Crippen molar-refractivity contribution in [3.8, 4) is 6.07 Å². The van der Waals surface area contributed by atoms with E-state index in [1.807, 2.05) is 0 Å². The van der Waals surface area contributed by atoms with Crippen LogP contribution < -0.4 is 15.8 Å². The Bertz CT molecular complexity index is 1130. The second-order valence-corrected chi connectivity index (χ2v) is 11.0. The van der Waals surface area contributed by atoms with Gasteiger partial charge in [0.15, 0.2) is 0 Å². The molecular formula is C22H29ClN6O2S. The van der Waals surface area contributed by atoms with Gasteiger partial charge >= 0.3 is 0 Å². The van der Waals surface area contributed by atoms with Gasteiger partial charge in [-0.25, -0.2) is 18.5 Å². The molecule has 1 aliphatic rings. The molecule has 1 heterocycles. The zero-order valence-corrected chi connectivity index (χ0v) is 20.1. The van der Waals surface area contributed by atoms with Crippen molar-refractivity contribution in [3.05, 3.63) is 40.5 Å². The van der Waals surface area contributed by atoms with Crippen LogP contribution in [0.4, 0.5) is 11.8 Å². The second kappa shape index (κ2) is 9.61. The van der Waals surface area contributed by atoms with Gasteiger partial charge in [0.2, 0.25) is 16.0 Å². The summed E-state index contributed by atoms with van der Waals surface area (Å²) in [6, 6.07) is 7.08. The minimum Gasteiger partial charge on any atom is -0.366 e. The summed E-state index contributed by atoms with van der Waals surface area (Å²) in [6.07, 6.45) is 5.28. The number of nitrogens with one attached hydrogen (secondary N) is 2. The number of nitriles is 1. The van der Waals surface area contributed by atoms with Crippen LogP contribution >= 0.6 is 11.6 Å². The van der Waals surface area contributed by atoms with Crippen LogP contribution in [0.2, 0.25) is 5.02 Å². The third-order valence-corrected chi connectivity index (χ3v) is 7.70. The summed E-state index contributed by atoms with van der Waals surface area (Å²) in [7, 11) is -3.85. The van der Waals surface area contributed by atoms with Gasteiger partial charge < -0.3 is 10.6 Å². The lowest BCUT2D eigenvalue weighted by Gasteiger charge is -2.41. The fraction of sp³-hybridized carbons (Fsp3) is 0.500. The Morgan fingerprint density at radius 3 is 2.72 bits per heavy atom. The highest BCUT2D eigenvalue weighted by Gasteiger charge is 2.34. The molecule has 0 unspecified atom stereocenters. The molecule has 0 spiro atoms. The summed E-state index contributed by atoms with van der Waals surface area (Å²) < 4.78 is 23.0. The van der Waals surface area contributed by atoms with Crippen LogP contribution in [-0.2, 0) is 16.4 Å². The van der Waals surface area contributed by atoms with E-state index in [-0.39, 0.29) is 21.4 Å². The highest BCUT2D eigenvalue weighted by Crippen LogP contribution is 2.41. The predicted molar refractivity (Wildman–Crippen MR) is 126 cm³/mol. The number of primary sulfonamides is 1. The Balaban J connectivity index is 1.64. The summed E-state index contributed by atoms with van der Waals surface area (Å²) in [5.74, 6) is 1.62. The minimum absolute atomic E-state index is 0.0934. The number of nitrogens with two attached hydrogens (primary N) is 1. The molecule has 1 aromatic carbocycles. The van der Waals surface area contributed by atoms with Gasteiger partial charge in [0.25, 0.3) is 0 Å².